The van der Waals surface area contributed by atoms with Crippen molar-refractivity contribution in [2.75, 3.05) is 18.4 Å². The van der Waals surface area contributed by atoms with Gasteiger partial charge in [-0.05, 0) is 51.6 Å². The van der Waals surface area contributed by atoms with E-state index in [1.165, 1.54) is 12.8 Å². The molecule has 1 unspecified atom stereocenters. The van der Waals surface area contributed by atoms with Crippen LogP contribution in [0.3, 0.4) is 0 Å². The molecule has 0 radical (unpaired) electrons. The lowest BCUT2D eigenvalue weighted by molar-refractivity contribution is -0.120. The van der Waals surface area contributed by atoms with Crippen LogP contribution < -0.4 is 10.6 Å². The number of nitrogens with zero attached hydrogens (tertiary/aromatic N) is 2. The van der Waals surface area contributed by atoms with E-state index in [0.717, 1.165) is 37.7 Å². The lowest BCUT2D eigenvalue weighted by atomic mass is 9.97. The van der Waals surface area contributed by atoms with E-state index in [0.29, 0.717) is 6.04 Å². The number of aromatic nitrogens is 2. The van der Waals surface area contributed by atoms with E-state index in [-0.39, 0.29) is 11.8 Å². The monoisotopic (exact) mass is 262 g/mol. The van der Waals surface area contributed by atoms with Crippen LogP contribution in [0.2, 0.25) is 0 Å². The van der Waals surface area contributed by atoms with E-state index >= 15 is 0 Å². The van der Waals surface area contributed by atoms with Gasteiger partial charge < -0.3 is 10.6 Å². The van der Waals surface area contributed by atoms with Gasteiger partial charge in [-0.25, -0.2) is 4.68 Å². The van der Waals surface area contributed by atoms with Gasteiger partial charge in [-0.15, -0.1) is 0 Å². The molecule has 1 aromatic heterocycles. The van der Waals surface area contributed by atoms with Crippen molar-refractivity contribution in [3.63, 3.8) is 0 Å². The van der Waals surface area contributed by atoms with E-state index in [1.807, 2.05) is 10.7 Å². The molecule has 19 heavy (non-hydrogen) atoms. The summed E-state index contributed by atoms with van der Waals surface area (Å²) in [4.78, 5) is 12.2. The Kier molecular flexibility index (Phi) is 3.55. The maximum Gasteiger partial charge on any atom is 0.228 e. The van der Waals surface area contributed by atoms with Gasteiger partial charge in [0.05, 0.1) is 12.2 Å². The summed E-state index contributed by atoms with van der Waals surface area (Å²) in [5.74, 6) is 1.87. The summed E-state index contributed by atoms with van der Waals surface area (Å²) in [6.07, 6.45) is 6.19. The predicted octanol–water partition coefficient (Wildman–Crippen LogP) is 1.79. The number of rotatable bonds is 4. The van der Waals surface area contributed by atoms with Crippen molar-refractivity contribution < 1.29 is 4.79 Å². The zero-order valence-electron chi connectivity index (χ0n) is 11.4. The molecule has 1 atom stereocenters. The smallest absolute Gasteiger partial charge is 0.228 e. The molecule has 1 saturated heterocycles. The minimum Gasteiger partial charge on any atom is -0.317 e. The predicted molar refractivity (Wildman–Crippen MR) is 73.9 cm³/mol. The van der Waals surface area contributed by atoms with Crippen LogP contribution in [0.1, 0.15) is 38.6 Å². The highest BCUT2D eigenvalue weighted by atomic mass is 16.2. The molecule has 104 valence electrons. The second kappa shape index (κ2) is 5.33. The Morgan fingerprint density at radius 2 is 2.16 bits per heavy atom. The van der Waals surface area contributed by atoms with E-state index in [2.05, 4.69) is 22.7 Å². The highest BCUT2D eigenvalue weighted by molar-refractivity contribution is 5.91. The Balaban J connectivity index is 1.65. The molecule has 1 aromatic rings. The van der Waals surface area contributed by atoms with Crippen molar-refractivity contribution in [3.8, 4) is 0 Å². The Labute approximate surface area is 113 Å². The number of nitrogens with one attached hydrogen (secondary N) is 2. The summed E-state index contributed by atoms with van der Waals surface area (Å²) in [7, 11) is 0. The molecule has 1 saturated carbocycles. The fourth-order valence-electron chi connectivity index (χ4n) is 2.83. The summed E-state index contributed by atoms with van der Waals surface area (Å²) < 4.78 is 1.97. The highest BCUT2D eigenvalue weighted by Crippen LogP contribution is 2.40. The Hall–Kier alpha value is -1.36. The first kappa shape index (κ1) is 12.7. The topological polar surface area (TPSA) is 59.0 Å². The molecule has 0 bridgehead atoms. The molecule has 1 aliphatic heterocycles. The lowest BCUT2D eigenvalue weighted by Crippen LogP contribution is -2.35. The maximum atomic E-state index is 12.2. The van der Waals surface area contributed by atoms with Gasteiger partial charge in [0.1, 0.15) is 5.82 Å². The quantitative estimate of drug-likeness (QED) is 0.869. The average molecular weight is 262 g/mol. The fourth-order valence-corrected chi connectivity index (χ4v) is 2.83. The Morgan fingerprint density at radius 1 is 1.42 bits per heavy atom. The SMILES string of the molecule is CC(C1CC1)n1nccc1NC(=O)C1CCNCC1. The van der Waals surface area contributed by atoms with Crippen molar-refractivity contribution in [1.82, 2.24) is 15.1 Å². The van der Waals surface area contributed by atoms with Crippen LogP contribution in [0.5, 0.6) is 0 Å². The second-order valence-corrected chi connectivity index (χ2v) is 5.75. The summed E-state index contributed by atoms with van der Waals surface area (Å²) in [6.45, 7) is 4.07. The third kappa shape index (κ3) is 2.81. The molecule has 5 heteroatoms. The van der Waals surface area contributed by atoms with Crippen molar-refractivity contribution in [1.29, 1.82) is 0 Å². The largest absolute Gasteiger partial charge is 0.317 e. The molecule has 1 aliphatic carbocycles. The van der Waals surface area contributed by atoms with Crippen molar-refractivity contribution >= 4 is 11.7 Å². The molecule has 2 heterocycles. The van der Waals surface area contributed by atoms with Gasteiger partial charge >= 0.3 is 0 Å². The molecule has 2 fully saturated rings. The van der Waals surface area contributed by atoms with Gasteiger partial charge in [-0.3, -0.25) is 4.79 Å². The standard InChI is InChI=1S/C14H22N4O/c1-10(11-2-3-11)18-13(6-9-16-18)17-14(19)12-4-7-15-8-5-12/h6,9-12,15H,2-5,7-8H2,1H3,(H,17,19). The van der Waals surface area contributed by atoms with E-state index in [4.69, 9.17) is 0 Å². The third-order valence-electron chi connectivity index (χ3n) is 4.32. The molecular formula is C14H22N4O. The number of piperidine rings is 1. The van der Waals surface area contributed by atoms with Gasteiger partial charge in [0.15, 0.2) is 0 Å². The molecule has 0 spiro atoms. The Bertz CT molecular complexity index is 446. The number of hydrogen-bond acceptors (Lipinski definition) is 3. The minimum absolute atomic E-state index is 0.140. The van der Waals surface area contributed by atoms with Crippen LogP contribution in [0, 0.1) is 11.8 Å². The molecule has 3 rings (SSSR count). The van der Waals surface area contributed by atoms with Crippen LogP contribution in [-0.2, 0) is 4.79 Å². The van der Waals surface area contributed by atoms with Gasteiger partial charge in [0, 0.05) is 12.0 Å². The van der Waals surface area contributed by atoms with Gasteiger partial charge in [0.2, 0.25) is 5.91 Å². The summed E-state index contributed by atoms with van der Waals surface area (Å²) >= 11 is 0. The zero-order chi connectivity index (χ0) is 13.2. The first-order valence-electron chi connectivity index (χ1n) is 7.31. The van der Waals surface area contributed by atoms with Gasteiger partial charge in [-0.1, -0.05) is 0 Å². The van der Waals surface area contributed by atoms with Crippen LogP contribution in [0.4, 0.5) is 5.82 Å². The highest BCUT2D eigenvalue weighted by Gasteiger charge is 2.31. The minimum atomic E-state index is 0.140. The van der Waals surface area contributed by atoms with Crippen LogP contribution in [0.25, 0.3) is 0 Å². The summed E-state index contributed by atoms with van der Waals surface area (Å²) in [6, 6.07) is 2.29. The normalized spacial score (nSPS) is 22.2. The summed E-state index contributed by atoms with van der Waals surface area (Å²) in [5.41, 5.74) is 0. The fraction of sp³-hybridized carbons (Fsp3) is 0.714. The molecule has 0 aromatic carbocycles. The summed E-state index contributed by atoms with van der Waals surface area (Å²) in [5, 5.41) is 10.7. The third-order valence-corrected chi connectivity index (χ3v) is 4.32. The zero-order valence-corrected chi connectivity index (χ0v) is 11.4. The number of carbonyl (C=O) groups is 1. The average Bonchev–Trinajstić information content (AvgIpc) is 3.19. The van der Waals surface area contributed by atoms with Gasteiger partial charge in [0.25, 0.3) is 0 Å². The van der Waals surface area contributed by atoms with Crippen LogP contribution >= 0.6 is 0 Å². The van der Waals surface area contributed by atoms with E-state index in [1.54, 1.807) is 6.20 Å². The number of carbonyl (C=O) groups excluding carboxylic acids is 1. The maximum absolute atomic E-state index is 12.2. The van der Waals surface area contributed by atoms with Crippen molar-refractivity contribution in [3.05, 3.63) is 12.3 Å². The molecule has 2 N–H and O–H groups in total. The van der Waals surface area contributed by atoms with Crippen molar-refractivity contribution in [2.45, 2.75) is 38.6 Å². The first-order valence-corrected chi connectivity index (χ1v) is 7.31. The van der Waals surface area contributed by atoms with Crippen molar-refractivity contribution in [2.24, 2.45) is 11.8 Å². The number of amides is 1. The van der Waals surface area contributed by atoms with E-state index in [9.17, 15) is 4.79 Å². The lowest BCUT2D eigenvalue weighted by Gasteiger charge is -2.22. The molecular weight excluding hydrogens is 240 g/mol. The molecule has 1 amide bonds. The molecule has 2 aliphatic rings. The number of anilines is 1. The van der Waals surface area contributed by atoms with Crippen LogP contribution in [0.15, 0.2) is 12.3 Å². The van der Waals surface area contributed by atoms with E-state index < -0.39 is 0 Å². The molecule has 5 nitrogen and oxygen atoms in total. The van der Waals surface area contributed by atoms with Crippen LogP contribution in [-0.4, -0.2) is 28.8 Å². The first-order chi connectivity index (χ1) is 9.25. The van der Waals surface area contributed by atoms with Gasteiger partial charge in [-0.2, -0.15) is 5.10 Å². The second-order valence-electron chi connectivity index (χ2n) is 5.75. The number of hydrogen-bond donors (Lipinski definition) is 2. The Morgan fingerprint density at radius 3 is 2.84 bits per heavy atom.